The van der Waals surface area contributed by atoms with Gasteiger partial charge in [-0.05, 0) is 35.4 Å². The van der Waals surface area contributed by atoms with E-state index in [0.717, 1.165) is 22.3 Å². The average Bonchev–Trinajstić information content (AvgIpc) is 3.11. The van der Waals surface area contributed by atoms with E-state index in [-0.39, 0.29) is 35.5 Å². The molecule has 2 aromatic carbocycles. The van der Waals surface area contributed by atoms with Crippen molar-refractivity contribution in [1.82, 2.24) is 18.7 Å². The predicted octanol–water partition coefficient (Wildman–Crippen LogP) is 3.88. The fraction of sp³-hybridized carbons (Fsp3) is 0.227. The van der Waals surface area contributed by atoms with Crippen LogP contribution < -0.4 is 11.2 Å². The van der Waals surface area contributed by atoms with Gasteiger partial charge in [0.1, 0.15) is 11.6 Å². The molecule has 0 saturated carbocycles. The van der Waals surface area contributed by atoms with E-state index in [4.69, 9.17) is 11.6 Å². The standard InChI is InChI=1S/C22H17ClF4N4O2/c1-29-19-18(20(32)30(2)21(29)33)31(11-12-3-6-14(23)7-4-12)17(28-19)10-13-5-8-16(24)15(9-13)22(25,26)27/h3-9H,10-11H2,1-2H3. The number of rotatable bonds is 4. The van der Waals surface area contributed by atoms with Crippen molar-refractivity contribution in [3.63, 3.8) is 0 Å². The van der Waals surface area contributed by atoms with E-state index < -0.39 is 28.8 Å². The van der Waals surface area contributed by atoms with Crippen LogP contribution in [0.3, 0.4) is 0 Å². The van der Waals surface area contributed by atoms with Gasteiger partial charge in [0.25, 0.3) is 5.56 Å². The molecule has 0 spiro atoms. The second kappa shape index (κ2) is 8.18. The van der Waals surface area contributed by atoms with Crippen LogP contribution in [-0.4, -0.2) is 18.7 Å². The van der Waals surface area contributed by atoms with Crippen LogP contribution in [0.5, 0.6) is 0 Å². The van der Waals surface area contributed by atoms with Crippen LogP contribution in [0.4, 0.5) is 17.6 Å². The van der Waals surface area contributed by atoms with Crippen molar-refractivity contribution in [2.45, 2.75) is 19.1 Å². The molecule has 0 amide bonds. The predicted molar refractivity (Wildman–Crippen MR) is 115 cm³/mol. The lowest BCUT2D eigenvalue weighted by Crippen LogP contribution is -2.37. The second-order valence-corrected chi connectivity index (χ2v) is 8.04. The number of benzene rings is 2. The topological polar surface area (TPSA) is 61.8 Å². The maximum Gasteiger partial charge on any atom is 0.419 e. The number of aryl methyl sites for hydroxylation is 1. The smallest absolute Gasteiger partial charge is 0.317 e. The average molecular weight is 481 g/mol. The van der Waals surface area contributed by atoms with E-state index in [1.165, 1.54) is 24.7 Å². The summed E-state index contributed by atoms with van der Waals surface area (Å²) < 4.78 is 56.9. The monoisotopic (exact) mass is 480 g/mol. The van der Waals surface area contributed by atoms with Crippen LogP contribution in [0.2, 0.25) is 5.02 Å². The molecule has 33 heavy (non-hydrogen) atoms. The third kappa shape index (κ3) is 4.18. The molecular formula is C22H17ClF4N4O2. The maximum atomic E-state index is 13.7. The zero-order chi connectivity index (χ0) is 24.1. The summed E-state index contributed by atoms with van der Waals surface area (Å²) in [5.74, 6) is -1.13. The Morgan fingerprint density at radius 2 is 1.61 bits per heavy atom. The Kier molecular flexibility index (Phi) is 5.65. The van der Waals surface area contributed by atoms with Crippen molar-refractivity contribution in [3.8, 4) is 0 Å². The van der Waals surface area contributed by atoms with E-state index in [2.05, 4.69) is 4.98 Å². The molecule has 2 heterocycles. The first-order chi connectivity index (χ1) is 15.5. The van der Waals surface area contributed by atoms with E-state index in [9.17, 15) is 27.2 Å². The number of fused-ring (bicyclic) bond motifs is 1. The van der Waals surface area contributed by atoms with Crippen molar-refractivity contribution in [2.24, 2.45) is 14.1 Å². The summed E-state index contributed by atoms with van der Waals surface area (Å²) in [7, 11) is 2.78. The molecule has 0 radical (unpaired) electrons. The number of hydrogen-bond acceptors (Lipinski definition) is 3. The summed E-state index contributed by atoms with van der Waals surface area (Å²) >= 11 is 5.94. The van der Waals surface area contributed by atoms with Crippen LogP contribution >= 0.6 is 11.6 Å². The van der Waals surface area contributed by atoms with Crippen LogP contribution in [0.15, 0.2) is 52.1 Å². The van der Waals surface area contributed by atoms with Gasteiger partial charge in [-0.15, -0.1) is 0 Å². The van der Waals surface area contributed by atoms with Crippen LogP contribution in [0.25, 0.3) is 11.2 Å². The minimum Gasteiger partial charge on any atom is -0.317 e. The van der Waals surface area contributed by atoms with E-state index >= 15 is 0 Å². The molecule has 0 bridgehead atoms. The molecule has 0 fully saturated rings. The lowest BCUT2D eigenvalue weighted by Gasteiger charge is -2.12. The number of hydrogen-bond donors (Lipinski definition) is 0. The quantitative estimate of drug-likeness (QED) is 0.416. The molecule has 11 heteroatoms. The number of aromatic nitrogens is 4. The largest absolute Gasteiger partial charge is 0.419 e. The Bertz CT molecular complexity index is 1480. The number of imidazole rings is 1. The highest BCUT2D eigenvalue weighted by molar-refractivity contribution is 6.30. The molecule has 4 aromatic rings. The fourth-order valence-electron chi connectivity index (χ4n) is 3.65. The van der Waals surface area contributed by atoms with E-state index in [0.29, 0.717) is 5.02 Å². The Labute approximate surface area is 189 Å². The number of alkyl halides is 3. The second-order valence-electron chi connectivity index (χ2n) is 7.61. The molecule has 2 aromatic heterocycles. The maximum absolute atomic E-state index is 13.7. The van der Waals surface area contributed by atoms with E-state index in [1.807, 2.05) is 0 Å². The Morgan fingerprint density at radius 3 is 2.24 bits per heavy atom. The molecule has 0 aliphatic carbocycles. The van der Waals surface area contributed by atoms with Gasteiger partial charge < -0.3 is 4.57 Å². The molecule has 6 nitrogen and oxygen atoms in total. The summed E-state index contributed by atoms with van der Waals surface area (Å²) in [6.07, 6.45) is -4.98. The lowest BCUT2D eigenvalue weighted by atomic mass is 10.1. The van der Waals surface area contributed by atoms with Crippen molar-refractivity contribution in [2.75, 3.05) is 0 Å². The zero-order valence-corrected chi connectivity index (χ0v) is 18.2. The highest BCUT2D eigenvalue weighted by atomic mass is 35.5. The van der Waals surface area contributed by atoms with Crippen molar-refractivity contribution in [3.05, 3.63) is 96.7 Å². The highest BCUT2D eigenvalue weighted by Crippen LogP contribution is 2.32. The molecule has 0 atom stereocenters. The van der Waals surface area contributed by atoms with Gasteiger partial charge in [0, 0.05) is 32.1 Å². The molecular weight excluding hydrogens is 464 g/mol. The SMILES string of the molecule is Cn1c(=O)c2c(nc(Cc3ccc(F)c(C(F)(F)F)c3)n2Cc2ccc(Cl)cc2)n(C)c1=O. The number of nitrogens with zero attached hydrogens (tertiary/aromatic N) is 4. The van der Waals surface area contributed by atoms with Gasteiger partial charge in [-0.1, -0.05) is 29.8 Å². The Balaban J connectivity index is 1.92. The molecule has 172 valence electrons. The Morgan fingerprint density at radius 1 is 0.970 bits per heavy atom. The van der Waals surface area contributed by atoms with Crippen LogP contribution in [-0.2, 0) is 33.2 Å². The van der Waals surface area contributed by atoms with Crippen LogP contribution in [0, 0.1) is 5.82 Å². The third-order valence-electron chi connectivity index (χ3n) is 5.38. The lowest BCUT2D eigenvalue weighted by molar-refractivity contribution is -0.140. The Hall–Kier alpha value is -3.40. The molecule has 0 aliphatic rings. The van der Waals surface area contributed by atoms with Crippen LogP contribution in [0.1, 0.15) is 22.5 Å². The van der Waals surface area contributed by atoms with Gasteiger partial charge in [0.15, 0.2) is 11.2 Å². The molecule has 0 saturated heterocycles. The molecule has 0 N–H and O–H groups in total. The fourth-order valence-corrected chi connectivity index (χ4v) is 3.78. The first kappa shape index (κ1) is 22.8. The summed E-state index contributed by atoms with van der Waals surface area (Å²) in [4.78, 5) is 29.7. The first-order valence-corrected chi connectivity index (χ1v) is 10.1. The van der Waals surface area contributed by atoms with Gasteiger partial charge >= 0.3 is 11.9 Å². The summed E-state index contributed by atoms with van der Waals surface area (Å²) in [5, 5.41) is 0.513. The van der Waals surface area contributed by atoms with Gasteiger partial charge in [0.05, 0.1) is 5.56 Å². The molecule has 0 aliphatic heterocycles. The number of halogens is 5. The third-order valence-corrected chi connectivity index (χ3v) is 5.63. The van der Waals surface area contributed by atoms with Gasteiger partial charge in [0.2, 0.25) is 0 Å². The summed E-state index contributed by atoms with van der Waals surface area (Å²) in [5.41, 5.74) is -1.42. The summed E-state index contributed by atoms with van der Waals surface area (Å²) in [6, 6.07) is 9.51. The zero-order valence-electron chi connectivity index (χ0n) is 17.5. The van der Waals surface area contributed by atoms with Gasteiger partial charge in [-0.2, -0.15) is 13.2 Å². The van der Waals surface area contributed by atoms with Gasteiger partial charge in [-0.25, -0.2) is 14.2 Å². The van der Waals surface area contributed by atoms with Crippen molar-refractivity contribution in [1.29, 1.82) is 0 Å². The van der Waals surface area contributed by atoms with Gasteiger partial charge in [-0.3, -0.25) is 13.9 Å². The summed E-state index contributed by atoms with van der Waals surface area (Å²) in [6.45, 7) is 0.157. The normalized spacial score (nSPS) is 12.0. The molecule has 0 unspecified atom stereocenters. The van der Waals surface area contributed by atoms with Crippen molar-refractivity contribution < 1.29 is 17.6 Å². The minimum atomic E-state index is -4.86. The minimum absolute atomic E-state index is 0.102. The molecule has 4 rings (SSSR count). The highest BCUT2D eigenvalue weighted by Gasteiger charge is 2.34. The van der Waals surface area contributed by atoms with Crippen molar-refractivity contribution >= 4 is 22.8 Å². The first-order valence-electron chi connectivity index (χ1n) is 9.72. The van der Waals surface area contributed by atoms with E-state index in [1.54, 1.807) is 28.8 Å².